The molecule has 0 saturated carbocycles. The Morgan fingerprint density at radius 3 is 2.92 bits per heavy atom. The number of aromatic nitrogens is 6. The van der Waals surface area contributed by atoms with Crippen LogP contribution in [0, 0.1) is 12.1 Å². The molecule has 4 aromatic rings. The second-order valence-electron chi connectivity index (χ2n) is 6.88. The van der Waals surface area contributed by atoms with Crippen molar-refractivity contribution in [3.8, 4) is 5.82 Å². The van der Waals surface area contributed by atoms with Crippen LogP contribution >= 0.6 is 0 Å². The van der Waals surface area contributed by atoms with Crippen LogP contribution in [0.5, 0.6) is 0 Å². The monoisotopic (exact) mass is 349 g/mol. The van der Waals surface area contributed by atoms with Gasteiger partial charge in [0.1, 0.15) is 17.5 Å². The van der Waals surface area contributed by atoms with Crippen LogP contribution in [0.2, 0.25) is 0 Å². The molecule has 1 fully saturated rings. The van der Waals surface area contributed by atoms with Crippen molar-refractivity contribution < 1.29 is 4.73 Å². The number of hydrogen-bond donors (Lipinski definition) is 0. The normalized spacial score (nSPS) is 18.3. The number of rotatable bonds is 2. The highest BCUT2D eigenvalue weighted by Crippen LogP contribution is 2.29. The number of nitrogens with zero attached hydrogens (tertiary/aromatic N) is 7. The van der Waals surface area contributed by atoms with E-state index in [0.717, 1.165) is 34.4 Å². The zero-order valence-electron chi connectivity index (χ0n) is 14.7. The summed E-state index contributed by atoms with van der Waals surface area (Å²) in [5.74, 6) is 0.622. The lowest BCUT2D eigenvalue weighted by molar-refractivity contribution is -0.583. The third-order valence-electron chi connectivity index (χ3n) is 5.35. The van der Waals surface area contributed by atoms with E-state index in [1.807, 2.05) is 41.8 Å². The molecule has 3 aromatic heterocycles. The Hall–Kier alpha value is -3.00. The molecule has 4 heterocycles. The second-order valence-corrected chi connectivity index (χ2v) is 6.88. The van der Waals surface area contributed by atoms with E-state index in [-0.39, 0.29) is 0 Å². The van der Waals surface area contributed by atoms with Gasteiger partial charge in [-0.2, -0.15) is 9.41 Å². The highest BCUT2D eigenvalue weighted by Gasteiger charge is 2.26. The molecule has 1 saturated heterocycles. The van der Waals surface area contributed by atoms with E-state index in [1.165, 1.54) is 6.42 Å². The van der Waals surface area contributed by atoms with E-state index in [2.05, 4.69) is 27.2 Å². The minimum Gasteiger partial charge on any atom is -0.618 e. The fourth-order valence-corrected chi connectivity index (χ4v) is 3.96. The van der Waals surface area contributed by atoms with Crippen LogP contribution in [0.3, 0.4) is 0 Å². The van der Waals surface area contributed by atoms with Crippen molar-refractivity contribution in [2.45, 2.75) is 25.8 Å². The standard InChI is InChI=1S/C18H19N7O/c1-12-17-18(24-10-13(20-21-24)14-8-5-9-22(14)2)19-11-23(17)15-6-3-4-7-16(15)25(12)26/h3-4,6-7,10-11,14H,5,8-9H2,1-2H3. The molecule has 8 nitrogen and oxygen atoms in total. The van der Waals surface area contributed by atoms with Crippen molar-refractivity contribution in [2.24, 2.45) is 0 Å². The summed E-state index contributed by atoms with van der Waals surface area (Å²) in [6, 6.07) is 7.81. The van der Waals surface area contributed by atoms with Gasteiger partial charge >= 0.3 is 0 Å². The first-order valence-corrected chi connectivity index (χ1v) is 8.76. The molecule has 0 bridgehead atoms. The van der Waals surface area contributed by atoms with Gasteiger partial charge in [0.25, 0.3) is 0 Å². The Kier molecular flexibility index (Phi) is 3.23. The molecule has 26 heavy (non-hydrogen) atoms. The van der Waals surface area contributed by atoms with Gasteiger partial charge in [0.2, 0.25) is 11.2 Å². The van der Waals surface area contributed by atoms with E-state index < -0.39 is 0 Å². The van der Waals surface area contributed by atoms with Crippen LogP contribution in [0.4, 0.5) is 0 Å². The summed E-state index contributed by atoms with van der Waals surface area (Å²) in [4.78, 5) is 6.83. The molecule has 5 rings (SSSR count). The number of fused-ring (bicyclic) bond motifs is 3. The fraction of sp³-hybridized carbons (Fsp3) is 0.333. The Balaban J connectivity index is 1.70. The van der Waals surface area contributed by atoms with Crippen LogP contribution in [-0.2, 0) is 0 Å². The smallest absolute Gasteiger partial charge is 0.241 e. The van der Waals surface area contributed by atoms with Crippen molar-refractivity contribution in [1.29, 1.82) is 0 Å². The molecule has 1 aromatic carbocycles. The average Bonchev–Trinajstić information content (AvgIpc) is 3.38. The van der Waals surface area contributed by atoms with Gasteiger partial charge in [0.15, 0.2) is 11.3 Å². The maximum atomic E-state index is 12.7. The van der Waals surface area contributed by atoms with Crippen molar-refractivity contribution in [3.05, 3.63) is 53.4 Å². The predicted molar refractivity (Wildman–Crippen MR) is 95.9 cm³/mol. The second kappa shape index (κ2) is 5.50. The molecule has 1 unspecified atom stereocenters. The first kappa shape index (κ1) is 15.3. The van der Waals surface area contributed by atoms with Gasteiger partial charge in [-0.15, -0.1) is 5.10 Å². The lowest BCUT2D eigenvalue weighted by Crippen LogP contribution is -2.32. The minimum atomic E-state index is 0.295. The van der Waals surface area contributed by atoms with Gasteiger partial charge < -0.3 is 5.21 Å². The van der Waals surface area contributed by atoms with E-state index in [0.29, 0.717) is 23.1 Å². The van der Waals surface area contributed by atoms with Gasteiger partial charge in [-0.1, -0.05) is 17.3 Å². The highest BCUT2D eigenvalue weighted by atomic mass is 16.5. The summed E-state index contributed by atoms with van der Waals surface area (Å²) >= 11 is 0. The first-order chi connectivity index (χ1) is 12.6. The first-order valence-electron chi connectivity index (χ1n) is 8.76. The number of aryl methyl sites for hydroxylation is 1. The average molecular weight is 349 g/mol. The Morgan fingerprint density at radius 1 is 1.27 bits per heavy atom. The third-order valence-corrected chi connectivity index (χ3v) is 5.35. The van der Waals surface area contributed by atoms with Crippen LogP contribution in [-0.4, -0.2) is 42.9 Å². The SMILES string of the molecule is Cc1c2c(-n3cc(C4CCCN4C)nn3)ncn2c2ccccc2[n+]1[O-]. The molecular formula is C18H19N7O. The molecule has 1 aliphatic rings. The predicted octanol–water partition coefficient (Wildman–Crippen LogP) is 1.78. The number of para-hydroxylation sites is 2. The molecule has 0 spiro atoms. The minimum absolute atomic E-state index is 0.295. The van der Waals surface area contributed by atoms with E-state index >= 15 is 0 Å². The lowest BCUT2D eigenvalue weighted by Gasteiger charge is -2.15. The van der Waals surface area contributed by atoms with Gasteiger partial charge in [-0.3, -0.25) is 9.30 Å². The summed E-state index contributed by atoms with van der Waals surface area (Å²) in [6.45, 7) is 2.88. The molecule has 1 atom stereocenters. The van der Waals surface area contributed by atoms with Crippen molar-refractivity contribution >= 4 is 16.6 Å². The van der Waals surface area contributed by atoms with Gasteiger partial charge in [-0.25, -0.2) is 4.98 Å². The fourth-order valence-electron chi connectivity index (χ4n) is 3.96. The molecule has 0 N–H and O–H groups in total. The van der Waals surface area contributed by atoms with Crippen LogP contribution < -0.4 is 4.73 Å². The zero-order chi connectivity index (χ0) is 17.8. The van der Waals surface area contributed by atoms with Crippen LogP contribution in [0.25, 0.3) is 22.4 Å². The number of benzene rings is 1. The summed E-state index contributed by atoms with van der Waals surface area (Å²) in [5.41, 5.74) is 3.71. The summed E-state index contributed by atoms with van der Waals surface area (Å²) in [7, 11) is 2.11. The van der Waals surface area contributed by atoms with Crippen LogP contribution in [0.15, 0.2) is 36.8 Å². The maximum absolute atomic E-state index is 12.7. The Bertz CT molecular complexity index is 1130. The van der Waals surface area contributed by atoms with Gasteiger partial charge in [0, 0.05) is 13.0 Å². The topological polar surface area (TPSA) is 78.2 Å². The quantitative estimate of drug-likeness (QED) is 0.407. The molecule has 0 amide bonds. The largest absolute Gasteiger partial charge is 0.618 e. The number of hydrogen-bond acceptors (Lipinski definition) is 5. The summed E-state index contributed by atoms with van der Waals surface area (Å²) in [5, 5.41) is 21.4. The molecule has 8 heteroatoms. The molecule has 132 valence electrons. The maximum Gasteiger partial charge on any atom is 0.241 e. The zero-order valence-corrected chi connectivity index (χ0v) is 14.7. The number of likely N-dealkylation sites (tertiary alicyclic amines) is 1. The van der Waals surface area contributed by atoms with Crippen molar-refractivity contribution in [2.75, 3.05) is 13.6 Å². The lowest BCUT2D eigenvalue weighted by atomic mass is 10.2. The van der Waals surface area contributed by atoms with E-state index in [4.69, 9.17) is 0 Å². The Labute approximate surface area is 149 Å². The van der Waals surface area contributed by atoms with Crippen molar-refractivity contribution in [1.82, 2.24) is 29.3 Å². The van der Waals surface area contributed by atoms with Gasteiger partial charge in [-0.05, 0) is 32.5 Å². The summed E-state index contributed by atoms with van der Waals surface area (Å²) in [6.07, 6.45) is 5.92. The third kappa shape index (κ3) is 2.05. The van der Waals surface area contributed by atoms with Crippen molar-refractivity contribution in [3.63, 3.8) is 0 Å². The van der Waals surface area contributed by atoms with Crippen LogP contribution in [0.1, 0.15) is 30.3 Å². The van der Waals surface area contributed by atoms with Gasteiger partial charge in [0.05, 0.1) is 12.2 Å². The summed E-state index contributed by atoms with van der Waals surface area (Å²) < 4.78 is 4.58. The highest BCUT2D eigenvalue weighted by molar-refractivity contribution is 5.78. The molecular weight excluding hydrogens is 330 g/mol. The number of imidazole rings is 1. The molecule has 1 aliphatic heterocycles. The van der Waals surface area contributed by atoms with E-state index in [1.54, 1.807) is 11.0 Å². The molecule has 0 radical (unpaired) electrons. The van der Waals surface area contributed by atoms with E-state index in [9.17, 15) is 5.21 Å². The molecule has 0 aliphatic carbocycles. The Morgan fingerprint density at radius 2 is 2.12 bits per heavy atom.